The van der Waals surface area contributed by atoms with Crippen molar-refractivity contribution in [1.29, 1.82) is 0 Å². The zero-order chi connectivity index (χ0) is 19.9. The summed E-state index contributed by atoms with van der Waals surface area (Å²) in [4.78, 5) is 24.8. The van der Waals surface area contributed by atoms with Crippen molar-refractivity contribution in [2.24, 2.45) is 5.92 Å². The summed E-state index contributed by atoms with van der Waals surface area (Å²) in [6.07, 6.45) is 4.14. The van der Waals surface area contributed by atoms with Crippen molar-refractivity contribution in [3.05, 3.63) is 36.4 Å². The van der Waals surface area contributed by atoms with E-state index in [1.54, 1.807) is 18.2 Å². The molecule has 148 valence electrons. The molecule has 0 saturated heterocycles. The maximum absolute atomic E-state index is 12.9. The molecule has 0 spiro atoms. The summed E-state index contributed by atoms with van der Waals surface area (Å²) in [5.41, 5.74) is 0.463. The summed E-state index contributed by atoms with van der Waals surface area (Å²) < 4.78 is 26.8. The Balaban J connectivity index is 1.48. The fourth-order valence-corrected chi connectivity index (χ4v) is 5.83. The smallest absolute Gasteiger partial charge is 0.321 e. The van der Waals surface area contributed by atoms with Crippen LogP contribution >= 0.6 is 0 Å². The Morgan fingerprint density at radius 1 is 1.11 bits per heavy atom. The molecule has 1 aliphatic carbocycles. The standard InChI is InChI=1S/C20H23N3O4S/c1-13-6-2-3-9-15(13)21-20(25)22-18(24)12-23-16-10-4-7-14-8-5-11-17(19(14)16)28(23,26)27/h4-5,7-8,10-11,13,15H,2-3,6,9,12H2,1H3,(H2,21,22,24,25)/t13-,15+/m1/s1. The van der Waals surface area contributed by atoms with Gasteiger partial charge < -0.3 is 5.32 Å². The molecule has 0 radical (unpaired) electrons. The van der Waals surface area contributed by atoms with Gasteiger partial charge in [-0.15, -0.1) is 0 Å². The number of urea groups is 1. The topological polar surface area (TPSA) is 95.6 Å². The number of nitrogens with zero attached hydrogens (tertiary/aromatic N) is 1. The first-order valence-corrected chi connectivity index (χ1v) is 11.0. The van der Waals surface area contributed by atoms with E-state index in [-0.39, 0.29) is 10.9 Å². The number of imide groups is 1. The number of benzene rings is 2. The monoisotopic (exact) mass is 401 g/mol. The van der Waals surface area contributed by atoms with Crippen LogP contribution in [0, 0.1) is 5.92 Å². The molecule has 1 saturated carbocycles. The third-order valence-corrected chi connectivity index (χ3v) is 7.45. The molecule has 28 heavy (non-hydrogen) atoms. The third-order valence-electron chi connectivity index (χ3n) is 5.65. The highest BCUT2D eigenvalue weighted by molar-refractivity contribution is 7.93. The van der Waals surface area contributed by atoms with Crippen LogP contribution in [0.5, 0.6) is 0 Å². The number of carbonyl (C=O) groups is 2. The van der Waals surface area contributed by atoms with Crippen molar-refractivity contribution in [2.45, 2.75) is 43.5 Å². The van der Waals surface area contributed by atoms with Gasteiger partial charge in [-0.05, 0) is 36.3 Å². The fourth-order valence-electron chi connectivity index (χ4n) is 4.16. The van der Waals surface area contributed by atoms with Gasteiger partial charge in [0.15, 0.2) is 0 Å². The summed E-state index contributed by atoms with van der Waals surface area (Å²) in [5.74, 6) is -0.296. The van der Waals surface area contributed by atoms with E-state index in [0.29, 0.717) is 17.0 Å². The van der Waals surface area contributed by atoms with E-state index in [1.807, 2.05) is 12.1 Å². The minimum Gasteiger partial charge on any atom is -0.335 e. The van der Waals surface area contributed by atoms with Crippen LogP contribution in [-0.2, 0) is 14.8 Å². The number of sulfonamides is 1. The first kappa shape index (κ1) is 18.7. The van der Waals surface area contributed by atoms with Crippen LogP contribution in [-0.4, -0.2) is 32.9 Å². The van der Waals surface area contributed by atoms with Gasteiger partial charge in [0.1, 0.15) is 6.54 Å². The normalized spacial score (nSPS) is 22.8. The highest BCUT2D eigenvalue weighted by Gasteiger charge is 2.37. The molecule has 2 aromatic carbocycles. The van der Waals surface area contributed by atoms with E-state index >= 15 is 0 Å². The molecular formula is C20H23N3O4S. The predicted molar refractivity (Wildman–Crippen MR) is 107 cm³/mol. The van der Waals surface area contributed by atoms with Crippen molar-refractivity contribution < 1.29 is 18.0 Å². The molecule has 0 unspecified atom stereocenters. The van der Waals surface area contributed by atoms with E-state index in [1.165, 1.54) is 6.07 Å². The zero-order valence-electron chi connectivity index (χ0n) is 15.6. The fraction of sp³-hybridized carbons (Fsp3) is 0.400. The maximum Gasteiger partial charge on any atom is 0.321 e. The number of amides is 3. The summed E-state index contributed by atoms with van der Waals surface area (Å²) in [5, 5.41) is 6.53. The highest BCUT2D eigenvalue weighted by atomic mass is 32.2. The van der Waals surface area contributed by atoms with E-state index in [4.69, 9.17) is 0 Å². The third kappa shape index (κ3) is 3.22. The molecule has 7 nitrogen and oxygen atoms in total. The highest BCUT2D eigenvalue weighted by Crippen LogP contribution is 2.41. The molecule has 1 aliphatic heterocycles. The van der Waals surface area contributed by atoms with Gasteiger partial charge in [-0.25, -0.2) is 13.2 Å². The molecule has 1 heterocycles. The minimum atomic E-state index is -3.82. The molecule has 1 fully saturated rings. The summed E-state index contributed by atoms with van der Waals surface area (Å²) in [6, 6.07) is 9.78. The molecule has 2 aliphatic rings. The SMILES string of the molecule is C[C@@H]1CCCC[C@@H]1NC(=O)NC(=O)CN1c2cccc3cccc(c23)S1(=O)=O. The van der Waals surface area contributed by atoms with E-state index in [2.05, 4.69) is 17.6 Å². The van der Waals surface area contributed by atoms with Crippen LogP contribution in [0.25, 0.3) is 10.8 Å². The lowest BCUT2D eigenvalue weighted by atomic mass is 9.86. The van der Waals surface area contributed by atoms with Crippen molar-refractivity contribution in [3.8, 4) is 0 Å². The first-order valence-electron chi connectivity index (χ1n) is 9.53. The average Bonchev–Trinajstić information content (AvgIpc) is 2.87. The van der Waals surface area contributed by atoms with Crippen molar-refractivity contribution >= 4 is 38.4 Å². The van der Waals surface area contributed by atoms with Crippen LogP contribution in [0.3, 0.4) is 0 Å². The van der Waals surface area contributed by atoms with Crippen molar-refractivity contribution in [2.75, 3.05) is 10.8 Å². The lowest BCUT2D eigenvalue weighted by Gasteiger charge is -2.29. The zero-order valence-corrected chi connectivity index (χ0v) is 16.5. The van der Waals surface area contributed by atoms with E-state index < -0.39 is 28.5 Å². The Bertz CT molecular complexity index is 1050. The number of carbonyl (C=O) groups excluding carboxylic acids is 2. The van der Waals surface area contributed by atoms with Crippen molar-refractivity contribution in [1.82, 2.24) is 10.6 Å². The molecule has 3 amide bonds. The average molecular weight is 401 g/mol. The second-order valence-corrected chi connectivity index (χ2v) is 9.36. The molecule has 0 aromatic heterocycles. The molecule has 4 rings (SSSR count). The van der Waals surface area contributed by atoms with Gasteiger partial charge >= 0.3 is 6.03 Å². The minimum absolute atomic E-state index is 0.0371. The van der Waals surface area contributed by atoms with Crippen LogP contribution in [0.1, 0.15) is 32.6 Å². The van der Waals surface area contributed by atoms with Crippen LogP contribution < -0.4 is 14.9 Å². The van der Waals surface area contributed by atoms with Crippen LogP contribution in [0.15, 0.2) is 41.3 Å². The summed E-state index contributed by atoms with van der Waals surface area (Å²) in [6.45, 7) is 1.64. The molecular weight excluding hydrogens is 378 g/mol. The van der Waals surface area contributed by atoms with E-state index in [9.17, 15) is 18.0 Å². The Morgan fingerprint density at radius 3 is 2.57 bits per heavy atom. The maximum atomic E-state index is 12.9. The predicted octanol–water partition coefficient (Wildman–Crippen LogP) is 2.75. The Labute approximate surface area is 164 Å². The van der Waals surface area contributed by atoms with Gasteiger partial charge in [0.05, 0.1) is 10.6 Å². The molecule has 2 atom stereocenters. The van der Waals surface area contributed by atoms with Gasteiger partial charge in [-0.1, -0.05) is 44.0 Å². The Hall–Kier alpha value is -2.61. The van der Waals surface area contributed by atoms with E-state index in [0.717, 1.165) is 35.4 Å². The van der Waals surface area contributed by atoms with Gasteiger partial charge in [0.25, 0.3) is 10.0 Å². The second kappa shape index (κ2) is 7.09. The number of anilines is 1. The molecule has 8 heteroatoms. The van der Waals surface area contributed by atoms with Crippen LogP contribution in [0.4, 0.5) is 10.5 Å². The molecule has 2 aromatic rings. The van der Waals surface area contributed by atoms with Gasteiger partial charge in [-0.2, -0.15) is 0 Å². The van der Waals surface area contributed by atoms with Gasteiger partial charge in [0, 0.05) is 11.4 Å². The summed E-state index contributed by atoms with van der Waals surface area (Å²) >= 11 is 0. The molecule has 0 bridgehead atoms. The van der Waals surface area contributed by atoms with Gasteiger partial charge in [0.2, 0.25) is 5.91 Å². The summed E-state index contributed by atoms with van der Waals surface area (Å²) in [7, 11) is -3.82. The number of hydrogen-bond donors (Lipinski definition) is 2. The van der Waals surface area contributed by atoms with Gasteiger partial charge in [-0.3, -0.25) is 14.4 Å². The lowest BCUT2D eigenvalue weighted by Crippen LogP contribution is -2.50. The number of nitrogens with one attached hydrogen (secondary N) is 2. The lowest BCUT2D eigenvalue weighted by molar-refractivity contribution is -0.118. The first-order chi connectivity index (χ1) is 13.4. The second-order valence-electron chi connectivity index (χ2n) is 7.53. The Kier molecular flexibility index (Phi) is 4.74. The Morgan fingerprint density at radius 2 is 1.82 bits per heavy atom. The molecule has 2 N–H and O–H groups in total. The number of rotatable bonds is 3. The number of hydrogen-bond acceptors (Lipinski definition) is 4. The quantitative estimate of drug-likeness (QED) is 0.827. The van der Waals surface area contributed by atoms with Crippen molar-refractivity contribution in [3.63, 3.8) is 0 Å². The van der Waals surface area contributed by atoms with Crippen LogP contribution in [0.2, 0.25) is 0 Å². The largest absolute Gasteiger partial charge is 0.335 e.